The van der Waals surface area contributed by atoms with E-state index in [0.29, 0.717) is 5.56 Å². The summed E-state index contributed by atoms with van der Waals surface area (Å²) >= 11 is 0. The van der Waals surface area contributed by atoms with Gasteiger partial charge in [0, 0.05) is 0 Å². The lowest BCUT2D eigenvalue weighted by atomic mass is 9.99. The van der Waals surface area contributed by atoms with Crippen molar-refractivity contribution in [2.75, 3.05) is 0 Å². The first-order chi connectivity index (χ1) is 6.73. The molecule has 0 saturated carbocycles. The monoisotopic (exact) mass is 228 g/mol. The summed E-state index contributed by atoms with van der Waals surface area (Å²) in [6.07, 6.45) is 0. The number of hydrogen-bond donors (Lipinski definition) is 1. The van der Waals surface area contributed by atoms with Gasteiger partial charge >= 0.3 is 0 Å². The molecule has 1 rings (SSSR count). The van der Waals surface area contributed by atoms with E-state index in [1.165, 1.54) is 6.92 Å². The Bertz CT molecular complexity index is 475. The van der Waals surface area contributed by atoms with Crippen molar-refractivity contribution in [1.29, 1.82) is 0 Å². The fourth-order valence-corrected chi connectivity index (χ4v) is 2.16. The highest BCUT2D eigenvalue weighted by atomic mass is 32.2. The van der Waals surface area contributed by atoms with Crippen molar-refractivity contribution >= 4 is 10.1 Å². The maximum absolute atomic E-state index is 11.0. The lowest BCUT2D eigenvalue weighted by molar-refractivity contribution is 0.472. The molecular formula is C11H16O3S. The minimum atomic E-state index is -4.01. The molecule has 0 fully saturated rings. The largest absolute Gasteiger partial charge is 0.285 e. The molecule has 1 aromatic carbocycles. The molecule has 4 heteroatoms. The zero-order valence-corrected chi connectivity index (χ0v) is 10.2. The number of aryl methyl sites for hydroxylation is 3. The summed E-state index contributed by atoms with van der Waals surface area (Å²) in [7, 11) is -4.01. The molecule has 0 radical (unpaired) electrons. The van der Waals surface area contributed by atoms with Crippen molar-refractivity contribution in [3.8, 4) is 0 Å². The fraction of sp³-hybridized carbons (Fsp3) is 0.455. The predicted octanol–water partition coefficient (Wildman–Crippen LogP) is 2.56. The van der Waals surface area contributed by atoms with Gasteiger partial charge in [-0.2, -0.15) is 8.42 Å². The van der Waals surface area contributed by atoms with Gasteiger partial charge in [0.2, 0.25) is 0 Å². The van der Waals surface area contributed by atoms with Crippen LogP contribution < -0.4 is 0 Å². The maximum atomic E-state index is 11.0. The molecule has 1 unspecified atom stereocenters. The smallest absolute Gasteiger partial charge is 0.271 e. The molecule has 0 bridgehead atoms. The molecule has 15 heavy (non-hydrogen) atoms. The summed E-state index contributed by atoms with van der Waals surface area (Å²) in [5, 5.41) is -0.864. The van der Waals surface area contributed by atoms with Crippen molar-refractivity contribution in [2.24, 2.45) is 0 Å². The highest BCUT2D eigenvalue weighted by Crippen LogP contribution is 2.26. The van der Waals surface area contributed by atoms with E-state index in [4.69, 9.17) is 4.55 Å². The molecule has 84 valence electrons. The highest BCUT2D eigenvalue weighted by molar-refractivity contribution is 7.86. The Morgan fingerprint density at radius 1 is 1.07 bits per heavy atom. The maximum Gasteiger partial charge on any atom is 0.271 e. The first-order valence-electron chi connectivity index (χ1n) is 4.77. The van der Waals surface area contributed by atoms with Gasteiger partial charge in [0.05, 0.1) is 0 Å². The van der Waals surface area contributed by atoms with Crippen LogP contribution in [-0.2, 0) is 10.1 Å². The molecular weight excluding hydrogens is 212 g/mol. The van der Waals surface area contributed by atoms with Crippen LogP contribution in [0.25, 0.3) is 0 Å². The molecule has 0 aliphatic heterocycles. The molecule has 0 aromatic heterocycles. The third-order valence-electron chi connectivity index (χ3n) is 2.77. The zero-order valence-electron chi connectivity index (χ0n) is 9.40. The summed E-state index contributed by atoms with van der Waals surface area (Å²) < 4.78 is 31.1. The van der Waals surface area contributed by atoms with Crippen LogP contribution in [0.15, 0.2) is 12.1 Å². The summed E-state index contributed by atoms with van der Waals surface area (Å²) in [6, 6.07) is 3.76. The Morgan fingerprint density at radius 3 is 2.00 bits per heavy atom. The molecule has 0 saturated heterocycles. The molecule has 0 spiro atoms. The van der Waals surface area contributed by atoms with Crippen molar-refractivity contribution in [3.05, 3.63) is 34.4 Å². The van der Waals surface area contributed by atoms with E-state index >= 15 is 0 Å². The Kier molecular flexibility index (Phi) is 3.21. The van der Waals surface area contributed by atoms with Gasteiger partial charge in [0.15, 0.2) is 0 Å². The average Bonchev–Trinajstić information content (AvgIpc) is 2.08. The normalized spacial score (nSPS) is 13.9. The summed E-state index contributed by atoms with van der Waals surface area (Å²) in [4.78, 5) is 0. The molecule has 0 aliphatic rings. The number of benzene rings is 1. The van der Waals surface area contributed by atoms with Crippen molar-refractivity contribution in [2.45, 2.75) is 32.9 Å². The van der Waals surface area contributed by atoms with Crippen LogP contribution in [0.4, 0.5) is 0 Å². The predicted molar refractivity (Wildman–Crippen MR) is 60.6 cm³/mol. The van der Waals surface area contributed by atoms with Gasteiger partial charge in [-0.15, -0.1) is 0 Å². The van der Waals surface area contributed by atoms with E-state index in [1.54, 1.807) is 0 Å². The Hall–Kier alpha value is -0.870. The molecule has 3 nitrogen and oxygen atoms in total. The van der Waals surface area contributed by atoms with Crippen LogP contribution in [0.2, 0.25) is 0 Å². The van der Waals surface area contributed by atoms with E-state index in [0.717, 1.165) is 16.7 Å². The fourth-order valence-electron chi connectivity index (χ4n) is 1.58. The Balaban J connectivity index is 3.33. The lowest BCUT2D eigenvalue weighted by Gasteiger charge is -2.14. The third-order valence-corrected chi connectivity index (χ3v) is 3.91. The van der Waals surface area contributed by atoms with E-state index in [2.05, 4.69) is 0 Å². The summed E-state index contributed by atoms with van der Waals surface area (Å²) in [6.45, 7) is 7.25. The second-order valence-corrected chi connectivity index (χ2v) is 5.69. The second kappa shape index (κ2) is 3.94. The summed E-state index contributed by atoms with van der Waals surface area (Å²) in [5.41, 5.74) is 3.72. The lowest BCUT2D eigenvalue weighted by Crippen LogP contribution is -2.10. The van der Waals surface area contributed by atoms with E-state index in [1.807, 2.05) is 32.9 Å². The summed E-state index contributed by atoms with van der Waals surface area (Å²) in [5.74, 6) is 0. The van der Waals surface area contributed by atoms with E-state index in [-0.39, 0.29) is 0 Å². The second-order valence-electron chi connectivity index (χ2n) is 3.95. The van der Waals surface area contributed by atoms with Crippen molar-refractivity contribution in [1.82, 2.24) is 0 Å². The van der Waals surface area contributed by atoms with E-state index < -0.39 is 15.4 Å². The molecule has 1 N–H and O–H groups in total. The van der Waals surface area contributed by atoms with Crippen LogP contribution in [0.5, 0.6) is 0 Å². The van der Waals surface area contributed by atoms with Gasteiger partial charge in [0.1, 0.15) is 5.25 Å². The number of rotatable bonds is 2. The van der Waals surface area contributed by atoms with Crippen LogP contribution >= 0.6 is 0 Å². The first kappa shape index (κ1) is 12.2. The van der Waals surface area contributed by atoms with Gasteiger partial charge in [-0.25, -0.2) is 0 Å². The van der Waals surface area contributed by atoms with Crippen LogP contribution in [0, 0.1) is 20.8 Å². The molecule has 0 amide bonds. The van der Waals surface area contributed by atoms with Crippen LogP contribution in [0.1, 0.15) is 34.4 Å². The SMILES string of the molecule is Cc1cc(C)c(C(C)S(=O)(=O)O)cc1C. The van der Waals surface area contributed by atoms with Gasteiger partial charge in [-0.3, -0.25) is 4.55 Å². The number of hydrogen-bond acceptors (Lipinski definition) is 2. The van der Waals surface area contributed by atoms with Crippen molar-refractivity contribution in [3.63, 3.8) is 0 Å². The molecule has 1 atom stereocenters. The third kappa shape index (κ3) is 2.58. The van der Waals surface area contributed by atoms with Crippen LogP contribution in [0.3, 0.4) is 0 Å². The van der Waals surface area contributed by atoms with Gasteiger partial charge in [-0.05, 0) is 49.9 Å². The minimum Gasteiger partial charge on any atom is -0.285 e. The van der Waals surface area contributed by atoms with Crippen LogP contribution in [-0.4, -0.2) is 13.0 Å². The first-order valence-corrected chi connectivity index (χ1v) is 6.28. The highest BCUT2D eigenvalue weighted by Gasteiger charge is 2.21. The van der Waals surface area contributed by atoms with E-state index in [9.17, 15) is 8.42 Å². The average molecular weight is 228 g/mol. The topological polar surface area (TPSA) is 54.4 Å². The van der Waals surface area contributed by atoms with Gasteiger partial charge < -0.3 is 0 Å². The molecule has 0 heterocycles. The molecule has 1 aromatic rings. The van der Waals surface area contributed by atoms with Crippen molar-refractivity contribution < 1.29 is 13.0 Å². The Morgan fingerprint density at radius 2 is 1.53 bits per heavy atom. The zero-order chi connectivity index (χ0) is 11.8. The minimum absolute atomic E-state index is 0.667. The quantitative estimate of drug-likeness (QED) is 0.791. The Labute approximate surface area is 90.9 Å². The molecule has 0 aliphatic carbocycles. The van der Waals surface area contributed by atoms with Gasteiger partial charge in [-0.1, -0.05) is 12.1 Å². The standard InChI is InChI=1S/C11H16O3S/c1-7-5-9(3)11(6-8(7)2)10(4)15(12,13)14/h5-6,10H,1-4H3,(H,12,13,14). The van der Waals surface area contributed by atoms with Gasteiger partial charge in [0.25, 0.3) is 10.1 Å².